The van der Waals surface area contributed by atoms with Crippen LogP contribution in [-0.2, 0) is 11.2 Å². The van der Waals surface area contributed by atoms with Crippen molar-refractivity contribution >= 4 is 34.9 Å². The number of amides is 3. The molecule has 1 atom stereocenters. The molecule has 2 aromatic carbocycles. The van der Waals surface area contributed by atoms with Crippen molar-refractivity contribution < 1.29 is 9.59 Å². The van der Waals surface area contributed by atoms with Crippen LogP contribution in [0, 0.1) is 0 Å². The quantitative estimate of drug-likeness (QED) is 0.894. The summed E-state index contributed by atoms with van der Waals surface area (Å²) in [5, 5.41) is 3.34. The molecule has 6 heteroatoms. The van der Waals surface area contributed by atoms with Gasteiger partial charge in [-0.05, 0) is 35.9 Å². The highest BCUT2D eigenvalue weighted by Gasteiger charge is 2.37. The second-order valence-corrected chi connectivity index (χ2v) is 5.49. The third-order valence-electron chi connectivity index (χ3n) is 3.62. The molecule has 1 heterocycles. The number of nitrogens with two attached hydrogens (primary N) is 1. The Labute approximate surface area is 132 Å². The fourth-order valence-electron chi connectivity index (χ4n) is 2.58. The molecule has 0 fully saturated rings. The lowest BCUT2D eigenvalue weighted by Crippen LogP contribution is -2.47. The van der Waals surface area contributed by atoms with Crippen molar-refractivity contribution in [2.45, 2.75) is 12.5 Å². The molecule has 1 aliphatic rings. The number of halogens is 1. The van der Waals surface area contributed by atoms with E-state index in [-0.39, 0.29) is 0 Å². The van der Waals surface area contributed by atoms with Gasteiger partial charge in [0, 0.05) is 22.8 Å². The molecule has 0 bridgehead atoms. The van der Waals surface area contributed by atoms with E-state index in [0.29, 0.717) is 22.8 Å². The van der Waals surface area contributed by atoms with Crippen LogP contribution in [-0.4, -0.2) is 18.0 Å². The number of rotatable bonds is 2. The molecule has 0 spiro atoms. The number of fused-ring (bicyclic) bond motifs is 1. The van der Waals surface area contributed by atoms with Crippen molar-refractivity contribution in [2.75, 3.05) is 10.2 Å². The number of primary amides is 1. The van der Waals surface area contributed by atoms with Crippen LogP contribution in [0.4, 0.5) is 16.2 Å². The summed E-state index contributed by atoms with van der Waals surface area (Å²) in [6.45, 7) is 0. The summed E-state index contributed by atoms with van der Waals surface area (Å²) < 4.78 is 0. The van der Waals surface area contributed by atoms with Crippen LogP contribution in [0.1, 0.15) is 5.56 Å². The van der Waals surface area contributed by atoms with E-state index in [1.165, 1.54) is 4.90 Å². The lowest BCUT2D eigenvalue weighted by molar-refractivity contribution is -0.119. The number of carbonyl (C=O) groups is 2. The monoisotopic (exact) mass is 315 g/mol. The maximum absolute atomic E-state index is 12.6. The van der Waals surface area contributed by atoms with Gasteiger partial charge in [0.1, 0.15) is 6.04 Å². The Hall–Kier alpha value is -2.53. The Morgan fingerprint density at radius 3 is 2.50 bits per heavy atom. The second kappa shape index (κ2) is 5.69. The van der Waals surface area contributed by atoms with Crippen LogP contribution in [0.15, 0.2) is 48.5 Å². The SMILES string of the molecule is NC(=O)[C@@H]1Cc2ccccc2N1C(=O)Nc1ccc(Cl)cc1. The topological polar surface area (TPSA) is 75.4 Å². The van der Waals surface area contributed by atoms with Crippen LogP contribution in [0.25, 0.3) is 0 Å². The Balaban J connectivity index is 1.88. The average molecular weight is 316 g/mol. The first kappa shape index (κ1) is 14.4. The molecule has 2 aromatic rings. The third-order valence-corrected chi connectivity index (χ3v) is 3.87. The highest BCUT2D eigenvalue weighted by molar-refractivity contribution is 6.30. The normalized spacial score (nSPS) is 16.2. The number of hydrogen-bond acceptors (Lipinski definition) is 2. The Bertz CT molecular complexity index is 730. The molecule has 3 amide bonds. The molecule has 0 aliphatic carbocycles. The zero-order valence-corrected chi connectivity index (χ0v) is 12.4. The predicted molar refractivity (Wildman–Crippen MR) is 86.1 cm³/mol. The van der Waals surface area contributed by atoms with Gasteiger partial charge < -0.3 is 11.1 Å². The molecule has 0 radical (unpaired) electrons. The fraction of sp³-hybridized carbons (Fsp3) is 0.125. The maximum atomic E-state index is 12.6. The largest absolute Gasteiger partial charge is 0.368 e. The molecular formula is C16H14ClN3O2. The summed E-state index contributed by atoms with van der Waals surface area (Å²) in [7, 11) is 0. The van der Waals surface area contributed by atoms with Crippen molar-refractivity contribution in [3.63, 3.8) is 0 Å². The maximum Gasteiger partial charge on any atom is 0.327 e. The zero-order valence-electron chi connectivity index (χ0n) is 11.6. The van der Waals surface area contributed by atoms with Gasteiger partial charge >= 0.3 is 6.03 Å². The van der Waals surface area contributed by atoms with Gasteiger partial charge in [-0.25, -0.2) is 4.79 Å². The Kier molecular flexibility index (Phi) is 3.73. The van der Waals surface area contributed by atoms with E-state index in [0.717, 1.165) is 5.56 Å². The van der Waals surface area contributed by atoms with E-state index in [1.807, 2.05) is 18.2 Å². The van der Waals surface area contributed by atoms with Gasteiger partial charge in [0.25, 0.3) is 0 Å². The summed E-state index contributed by atoms with van der Waals surface area (Å²) in [4.78, 5) is 25.6. The predicted octanol–water partition coefficient (Wildman–Crippen LogP) is 2.79. The highest BCUT2D eigenvalue weighted by atomic mass is 35.5. The van der Waals surface area contributed by atoms with Gasteiger partial charge in [0.15, 0.2) is 0 Å². The first-order valence-corrected chi connectivity index (χ1v) is 7.17. The number of anilines is 2. The van der Waals surface area contributed by atoms with Crippen LogP contribution in [0.3, 0.4) is 0 Å². The van der Waals surface area contributed by atoms with Crippen LogP contribution >= 0.6 is 11.6 Å². The van der Waals surface area contributed by atoms with Gasteiger partial charge in [-0.2, -0.15) is 0 Å². The minimum Gasteiger partial charge on any atom is -0.368 e. The smallest absolute Gasteiger partial charge is 0.327 e. The number of hydrogen-bond donors (Lipinski definition) is 2. The number of para-hydroxylation sites is 1. The average Bonchev–Trinajstić information content (AvgIpc) is 2.89. The molecule has 1 aliphatic heterocycles. The van der Waals surface area contributed by atoms with Crippen LogP contribution in [0.5, 0.6) is 0 Å². The van der Waals surface area contributed by atoms with E-state index in [4.69, 9.17) is 17.3 Å². The van der Waals surface area contributed by atoms with Crippen molar-refractivity contribution in [3.05, 3.63) is 59.1 Å². The summed E-state index contributed by atoms with van der Waals surface area (Å²) in [6, 6.07) is 13.1. The number of nitrogens with zero attached hydrogens (tertiary/aromatic N) is 1. The lowest BCUT2D eigenvalue weighted by atomic mass is 10.1. The van der Waals surface area contributed by atoms with Gasteiger partial charge in [-0.15, -0.1) is 0 Å². The van der Waals surface area contributed by atoms with Gasteiger partial charge in [-0.1, -0.05) is 29.8 Å². The molecule has 0 saturated carbocycles. The van der Waals surface area contributed by atoms with Crippen molar-refractivity contribution in [3.8, 4) is 0 Å². The molecule has 0 saturated heterocycles. The molecule has 3 N–H and O–H groups in total. The van der Waals surface area contributed by atoms with Crippen molar-refractivity contribution in [2.24, 2.45) is 5.73 Å². The van der Waals surface area contributed by atoms with Crippen LogP contribution < -0.4 is 16.0 Å². The molecule has 3 rings (SSSR count). The zero-order chi connectivity index (χ0) is 15.7. The fourth-order valence-corrected chi connectivity index (χ4v) is 2.71. The summed E-state index contributed by atoms with van der Waals surface area (Å²) in [6.07, 6.45) is 0.430. The lowest BCUT2D eigenvalue weighted by Gasteiger charge is -2.23. The van der Waals surface area contributed by atoms with E-state index in [2.05, 4.69) is 5.32 Å². The van der Waals surface area contributed by atoms with Gasteiger partial charge in [-0.3, -0.25) is 9.69 Å². The van der Waals surface area contributed by atoms with Crippen LogP contribution in [0.2, 0.25) is 5.02 Å². The number of urea groups is 1. The van der Waals surface area contributed by atoms with Crippen molar-refractivity contribution in [1.82, 2.24) is 0 Å². The minimum absolute atomic E-state index is 0.393. The Morgan fingerprint density at radius 1 is 1.14 bits per heavy atom. The number of carbonyl (C=O) groups excluding carboxylic acids is 2. The Morgan fingerprint density at radius 2 is 1.82 bits per heavy atom. The number of benzene rings is 2. The third kappa shape index (κ3) is 2.63. The summed E-state index contributed by atoms with van der Waals surface area (Å²) >= 11 is 5.82. The molecule has 0 aromatic heterocycles. The van der Waals surface area contributed by atoms with Gasteiger partial charge in [0.2, 0.25) is 5.91 Å². The summed E-state index contributed by atoms with van der Waals surface area (Å²) in [5.74, 6) is -0.526. The number of nitrogens with one attached hydrogen (secondary N) is 1. The molecule has 112 valence electrons. The standard InChI is InChI=1S/C16H14ClN3O2/c17-11-5-7-12(8-6-11)19-16(22)20-13-4-2-1-3-10(13)9-14(20)15(18)21/h1-8,14H,9H2,(H2,18,21)(H,19,22)/t14-/m0/s1. The second-order valence-electron chi connectivity index (χ2n) is 5.06. The van der Waals surface area contributed by atoms with Crippen molar-refractivity contribution in [1.29, 1.82) is 0 Å². The molecule has 22 heavy (non-hydrogen) atoms. The first-order valence-electron chi connectivity index (χ1n) is 6.79. The summed E-state index contributed by atoms with van der Waals surface area (Å²) in [5.41, 5.74) is 7.67. The van der Waals surface area contributed by atoms with E-state index in [9.17, 15) is 9.59 Å². The van der Waals surface area contributed by atoms with E-state index < -0.39 is 18.0 Å². The van der Waals surface area contributed by atoms with E-state index >= 15 is 0 Å². The minimum atomic E-state index is -0.676. The van der Waals surface area contributed by atoms with Gasteiger partial charge in [0.05, 0.1) is 0 Å². The highest BCUT2D eigenvalue weighted by Crippen LogP contribution is 2.32. The van der Waals surface area contributed by atoms with E-state index in [1.54, 1.807) is 30.3 Å². The molecular weight excluding hydrogens is 302 g/mol. The molecule has 5 nitrogen and oxygen atoms in total. The first-order chi connectivity index (χ1) is 10.6. The molecule has 0 unspecified atom stereocenters.